The van der Waals surface area contributed by atoms with Crippen molar-refractivity contribution in [1.82, 2.24) is 5.32 Å². The van der Waals surface area contributed by atoms with Crippen molar-refractivity contribution in [3.05, 3.63) is 48.6 Å². The number of aliphatic hydroxyl groups is 11. The molecule has 0 bridgehead atoms. The van der Waals surface area contributed by atoms with Gasteiger partial charge in [0, 0.05) is 6.42 Å². The van der Waals surface area contributed by atoms with E-state index in [1.165, 1.54) is 199 Å². The highest BCUT2D eigenvalue weighted by Crippen LogP contribution is 2.33. The van der Waals surface area contributed by atoms with Crippen LogP contribution in [0.15, 0.2) is 48.6 Å². The molecule has 0 aliphatic carbocycles. The second-order valence-electron chi connectivity index (χ2n) is 26.8. The fraction of sp³-hybridized carbons (Fsp3) is 0.878. The van der Waals surface area contributed by atoms with Crippen molar-refractivity contribution in [1.29, 1.82) is 0 Å². The number of hydrogen-bond donors (Lipinski definition) is 12. The van der Waals surface area contributed by atoms with Crippen LogP contribution in [0.5, 0.6) is 0 Å². The number of hydrogen-bond acceptors (Lipinski definition) is 18. The van der Waals surface area contributed by atoms with E-state index >= 15 is 0 Å². The lowest BCUT2D eigenvalue weighted by Crippen LogP contribution is -2.66. The van der Waals surface area contributed by atoms with E-state index in [4.69, 9.17) is 28.4 Å². The third-order valence-electron chi connectivity index (χ3n) is 18.6. The molecule has 0 aromatic heterocycles. The second-order valence-corrected chi connectivity index (χ2v) is 26.8. The molecular formula is C74H135NO18. The van der Waals surface area contributed by atoms with Gasteiger partial charge in [-0.3, -0.25) is 4.79 Å². The summed E-state index contributed by atoms with van der Waals surface area (Å²) in [5.74, 6) is -0.274. The molecule has 3 aliphatic heterocycles. The minimum atomic E-state index is -1.98. The predicted octanol–water partition coefficient (Wildman–Crippen LogP) is 10.9. The summed E-state index contributed by atoms with van der Waals surface area (Å²) >= 11 is 0. The van der Waals surface area contributed by atoms with E-state index in [1.54, 1.807) is 6.08 Å². The molecule has 0 radical (unpaired) electrons. The van der Waals surface area contributed by atoms with Crippen LogP contribution in [0.1, 0.15) is 284 Å². The van der Waals surface area contributed by atoms with E-state index in [2.05, 4.69) is 55.6 Å². The summed E-state index contributed by atoms with van der Waals surface area (Å²) in [6.07, 6.45) is 41.3. The van der Waals surface area contributed by atoms with Crippen LogP contribution in [-0.4, -0.2) is 193 Å². The molecule has 0 spiro atoms. The van der Waals surface area contributed by atoms with Crippen LogP contribution in [0.2, 0.25) is 0 Å². The van der Waals surface area contributed by atoms with Crippen molar-refractivity contribution < 1.29 is 89.4 Å². The molecule has 0 aromatic rings. The largest absolute Gasteiger partial charge is 0.394 e. The van der Waals surface area contributed by atoms with Gasteiger partial charge in [-0.2, -0.15) is 0 Å². The first-order valence-corrected chi connectivity index (χ1v) is 37.4. The van der Waals surface area contributed by atoms with Gasteiger partial charge in [-0.15, -0.1) is 0 Å². The summed E-state index contributed by atoms with van der Waals surface area (Å²) < 4.78 is 34.3. The van der Waals surface area contributed by atoms with Gasteiger partial charge in [0.25, 0.3) is 0 Å². The number of unbranched alkanes of at least 4 members (excludes halogenated alkanes) is 36. The first kappa shape index (κ1) is 85.0. The molecule has 0 saturated carbocycles. The third-order valence-corrected chi connectivity index (χ3v) is 18.6. The van der Waals surface area contributed by atoms with Crippen LogP contribution >= 0.6 is 0 Å². The van der Waals surface area contributed by atoms with Crippen LogP contribution in [0.4, 0.5) is 0 Å². The van der Waals surface area contributed by atoms with Crippen molar-refractivity contribution >= 4 is 5.91 Å². The van der Waals surface area contributed by atoms with E-state index in [0.717, 1.165) is 57.8 Å². The maximum absolute atomic E-state index is 13.4. The number of amides is 1. The maximum Gasteiger partial charge on any atom is 0.220 e. The Bertz CT molecular complexity index is 1870. The molecule has 3 fully saturated rings. The summed E-state index contributed by atoms with van der Waals surface area (Å²) in [6.45, 7) is 1.71. The average Bonchev–Trinajstić information content (AvgIpc) is 0.805. The van der Waals surface area contributed by atoms with Crippen molar-refractivity contribution in [3.63, 3.8) is 0 Å². The van der Waals surface area contributed by atoms with Gasteiger partial charge < -0.3 is 89.9 Å². The van der Waals surface area contributed by atoms with Gasteiger partial charge in [0.15, 0.2) is 18.9 Å². The number of nitrogens with one attached hydrogen (secondary N) is 1. The first-order valence-electron chi connectivity index (χ1n) is 37.4. The van der Waals surface area contributed by atoms with E-state index in [0.29, 0.717) is 6.42 Å². The minimum Gasteiger partial charge on any atom is -0.394 e. The maximum atomic E-state index is 13.4. The molecular weight excluding hydrogens is 1190 g/mol. The summed E-state index contributed by atoms with van der Waals surface area (Å²) in [4.78, 5) is 13.4. The van der Waals surface area contributed by atoms with Crippen LogP contribution in [0.25, 0.3) is 0 Å². The Morgan fingerprint density at radius 1 is 0.387 bits per heavy atom. The topological polar surface area (TPSA) is 307 Å². The second kappa shape index (κ2) is 55.6. The number of rotatable bonds is 58. The van der Waals surface area contributed by atoms with Crippen LogP contribution in [0, 0.1) is 0 Å². The van der Waals surface area contributed by atoms with Crippen LogP contribution < -0.4 is 5.32 Å². The number of aliphatic hydroxyl groups excluding tert-OH is 11. The fourth-order valence-electron chi connectivity index (χ4n) is 12.6. The molecule has 19 heteroatoms. The van der Waals surface area contributed by atoms with Crippen molar-refractivity contribution in [2.45, 2.75) is 388 Å². The Morgan fingerprint density at radius 3 is 1.11 bits per heavy atom. The summed E-state index contributed by atoms with van der Waals surface area (Å²) in [5, 5.41) is 120. The van der Waals surface area contributed by atoms with Crippen molar-refractivity contribution in [3.8, 4) is 0 Å². The van der Waals surface area contributed by atoms with Gasteiger partial charge in [-0.05, 0) is 57.8 Å². The number of ether oxygens (including phenoxy) is 6. The van der Waals surface area contributed by atoms with Crippen molar-refractivity contribution in [2.75, 3.05) is 26.4 Å². The number of carbonyl (C=O) groups excluding carboxylic acids is 1. The summed E-state index contributed by atoms with van der Waals surface area (Å²) in [5.41, 5.74) is 0. The van der Waals surface area contributed by atoms with Crippen LogP contribution in [0.3, 0.4) is 0 Å². The zero-order valence-electron chi connectivity index (χ0n) is 57.7. The number of carbonyl (C=O) groups is 1. The van der Waals surface area contributed by atoms with Gasteiger partial charge in [0.2, 0.25) is 5.91 Å². The molecule has 17 atom stereocenters. The van der Waals surface area contributed by atoms with Gasteiger partial charge in [-0.25, -0.2) is 0 Å². The normalized spacial score (nSPS) is 27.8. The molecule has 3 saturated heterocycles. The zero-order chi connectivity index (χ0) is 67.5. The van der Waals surface area contributed by atoms with E-state index in [1.807, 2.05) is 6.08 Å². The van der Waals surface area contributed by atoms with Crippen LogP contribution in [-0.2, 0) is 33.2 Å². The molecule has 17 unspecified atom stereocenters. The Kier molecular flexibility index (Phi) is 50.8. The van der Waals surface area contributed by atoms with E-state index in [9.17, 15) is 61.0 Å². The van der Waals surface area contributed by atoms with E-state index in [-0.39, 0.29) is 18.9 Å². The highest BCUT2D eigenvalue weighted by Gasteiger charge is 2.53. The van der Waals surface area contributed by atoms with Gasteiger partial charge in [0.05, 0.1) is 38.6 Å². The Balaban J connectivity index is 1.29. The lowest BCUT2D eigenvalue weighted by Gasteiger charge is -2.48. The Labute approximate surface area is 561 Å². The van der Waals surface area contributed by atoms with Gasteiger partial charge >= 0.3 is 0 Å². The zero-order valence-corrected chi connectivity index (χ0v) is 57.7. The summed E-state index contributed by atoms with van der Waals surface area (Å²) in [7, 11) is 0. The fourth-order valence-corrected chi connectivity index (χ4v) is 12.6. The third kappa shape index (κ3) is 37.0. The molecule has 544 valence electrons. The number of allylic oxidation sites excluding steroid dienone is 7. The molecule has 3 rings (SSSR count). The Morgan fingerprint density at radius 2 is 0.710 bits per heavy atom. The summed E-state index contributed by atoms with van der Waals surface area (Å²) in [6, 6.07) is -0.971. The molecule has 93 heavy (non-hydrogen) atoms. The lowest BCUT2D eigenvalue weighted by atomic mass is 9.96. The molecule has 0 aromatic carbocycles. The van der Waals surface area contributed by atoms with Gasteiger partial charge in [-0.1, -0.05) is 268 Å². The van der Waals surface area contributed by atoms with Gasteiger partial charge in [0.1, 0.15) is 73.2 Å². The first-order chi connectivity index (χ1) is 45.3. The van der Waals surface area contributed by atoms with Crippen molar-refractivity contribution in [2.24, 2.45) is 0 Å². The molecule has 3 heterocycles. The average molecular weight is 1330 g/mol. The minimum absolute atomic E-state index is 0.246. The standard InChI is InChI=1S/C74H135NO18/c1-3-5-7-9-11-13-15-16-17-18-19-20-21-22-23-24-25-26-27-28-29-30-31-32-33-34-35-36-37-38-39-40-42-44-46-48-50-52-62(80)75-57(58(79)51-49-47-45-43-41-14-12-10-8-6-4-2)56-88-72-68(86)65(83)70(60(54-77)90-72)93-74-69(87)66(84)71(61(55-78)91-74)92-73-67(85)64(82)63(81)59(53-76)89-73/h15-16,18-19,21-22,49,51,57-61,63-74,76-79,81-87H,3-14,17,20,23-48,50,52-56H2,1-2H3,(H,75,80)/b16-15-,19-18-,22-21-,51-49+. The monoisotopic (exact) mass is 1330 g/mol. The SMILES string of the molecule is CCCCCCC/C=C\C/C=C\C/C=C\CCCCCCCCCCCCCCCCCCCCCCCCC(=O)NC(COC1OC(CO)C(OC2OC(CO)C(OC3OC(CO)C(O)C(O)C3O)C(O)C2O)C(O)C1O)C(O)/C=C/CCCCCCCCCCC. The molecule has 19 nitrogen and oxygen atoms in total. The lowest BCUT2D eigenvalue weighted by molar-refractivity contribution is -0.379. The molecule has 1 amide bonds. The Hall–Kier alpha value is -2.25. The predicted molar refractivity (Wildman–Crippen MR) is 365 cm³/mol. The quantitative estimate of drug-likeness (QED) is 0.0199. The van der Waals surface area contributed by atoms with E-state index < -0.39 is 124 Å². The molecule has 12 N–H and O–H groups in total. The highest BCUT2D eigenvalue weighted by molar-refractivity contribution is 5.76. The smallest absolute Gasteiger partial charge is 0.220 e. The highest BCUT2D eigenvalue weighted by atomic mass is 16.8. The molecule has 3 aliphatic rings.